The van der Waals surface area contributed by atoms with Crippen LogP contribution in [0.3, 0.4) is 0 Å². The van der Waals surface area contributed by atoms with Crippen LogP contribution >= 0.6 is 11.3 Å². The Labute approximate surface area is 242 Å². The number of thiazole rings is 1. The number of anilines is 2. The number of fused-ring (bicyclic) bond motifs is 1. The Kier molecular flexibility index (Phi) is 8.45. The van der Waals surface area contributed by atoms with Crippen LogP contribution in [0.1, 0.15) is 18.3 Å². The van der Waals surface area contributed by atoms with E-state index in [1.54, 1.807) is 19.4 Å². The number of para-hydroxylation sites is 1. The number of methoxy groups -OCH3 is 1. The van der Waals surface area contributed by atoms with Crippen molar-refractivity contribution in [2.75, 3.05) is 50.5 Å². The Morgan fingerprint density at radius 2 is 1.80 bits per heavy atom. The molecule has 1 aliphatic heterocycles. The lowest BCUT2D eigenvalue weighted by Crippen LogP contribution is -2.50. The molecule has 0 saturated carbocycles. The van der Waals surface area contributed by atoms with E-state index in [0.29, 0.717) is 38.4 Å². The minimum Gasteiger partial charge on any atom is -0.453 e. The van der Waals surface area contributed by atoms with Crippen LogP contribution in [-0.4, -0.2) is 89.5 Å². The lowest BCUT2D eigenvalue weighted by atomic mass is 10.0. The molecule has 41 heavy (non-hydrogen) atoms. The number of hydrogen-bond donors (Lipinski definition) is 2. The van der Waals surface area contributed by atoms with E-state index in [1.165, 1.54) is 11.4 Å². The van der Waals surface area contributed by atoms with Crippen LogP contribution < -0.4 is 10.6 Å². The van der Waals surface area contributed by atoms with Gasteiger partial charge in [-0.05, 0) is 32.9 Å². The van der Waals surface area contributed by atoms with Gasteiger partial charge in [-0.3, -0.25) is 15.2 Å². The van der Waals surface area contributed by atoms with Crippen LogP contribution in [0, 0.1) is 13.8 Å². The zero-order chi connectivity index (χ0) is 29.1. The van der Waals surface area contributed by atoms with E-state index in [2.05, 4.69) is 47.1 Å². The Morgan fingerprint density at radius 3 is 2.54 bits per heavy atom. The first-order valence-corrected chi connectivity index (χ1v) is 15.4. The van der Waals surface area contributed by atoms with Gasteiger partial charge in [0, 0.05) is 67.2 Å². The summed E-state index contributed by atoms with van der Waals surface area (Å²) in [5, 5.41) is 7.08. The highest BCUT2D eigenvalue weighted by Gasteiger charge is 2.32. The van der Waals surface area contributed by atoms with Crippen molar-refractivity contribution >= 4 is 49.3 Å². The smallest absolute Gasteiger partial charge is 0.413 e. The van der Waals surface area contributed by atoms with Crippen molar-refractivity contribution in [1.29, 1.82) is 0 Å². The minimum absolute atomic E-state index is 0.0516. The number of ether oxygens (including phenoxy) is 1. The molecule has 0 bridgehead atoms. The Balaban J connectivity index is 1.23. The van der Waals surface area contributed by atoms with Crippen molar-refractivity contribution in [2.45, 2.75) is 31.0 Å². The molecule has 0 spiro atoms. The van der Waals surface area contributed by atoms with E-state index in [1.807, 2.05) is 37.3 Å². The maximum absolute atomic E-state index is 13.3. The number of hydrogen-bond acceptors (Lipinski definition) is 11. The molecule has 1 aromatic carbocycles. The van der Waals surface area contributed by atoms with Crippen molar-refractivity contribution < 1.29 is 17.9 Å². The molecule has 1 atom stereocenters. The molecular weight excluding hydrogens is 564 g/mol. The van der Waals surface area contributed by atoms with Gasteiger partial charge in [0.15, 0.2) is 9.34 Å². The quantitative estimate of drug-likeness (QED) is 0.309. The van der Waals surface area contributed by atoms with Gasteiger partial charge in [0.05, 0.1) is 18.3 Å². The number of aryl methyl sites for hydroxylation is 2. The number of aromatic nitrogens is 4. The van der Waals surface area contributed by atoms with Crippen molar-refractivity contribution in [3.05, 3.63) is 54.2 Å². The molecule has 4 aromatic rings. The monoisotopic (exact) mass is 596 g/mol. The molecule has 2 N–H and O–H groups in total. The number of nitrogens with one attached hydrogen (secondary N) is 2. The summed E-state index contributed by atoms with van der Waals surface area (Å²) >= 11 is 0.926. The fourth-order valence-electron chi connectivity index (χ4n) is 4.94. The van der Waals surface area contributed by atoms with Gasteiger partial charge in [0.1, 0.15) is 12.1 Å². The molecule has 0 radical (unpaired) electrons. The van der Waals surface area contributed by atoms with Gasteiger partial charge in [-0.25, -0.2) is 28.2 Å². The molecule has 12 nitrogen and oxygen atoms in total. The highest BCUT2D eigenvalue weighted by atomic mass is 32.2. The number of piperazine rings is 1. The first-order valence-electron chi connectivity index (χ1n) is 13.1. The van der Waals surface area contributed by atoms with E-state index in [9.17, 15) is 13.2 Å². The molecule has 1 amide bonds. The molecule has 4 heterocycles. The zero-order valence-corrected chi connectivity index (χ0v) is 24.9. The number of rotatable bonds is 8. The Morgan fingerprint density at radius 1 is 1.05 bits per heavy atom. The highest BCUT2D eigenvalue weighted by Crippen LogP contribution is 2.32. The van der Waals surface area contributed by atoms with E-state index >= 15 is 0 Å². The summed E-state index contributed by atoms with van der Waals surface area (Å²) in [6.07, 6.45) is 2.66. The Hall–Kier alpha value is -3.72. The number of benzene rings is 1. The highest BCUT2D eigenvalue weighted by molar-refractivity contribution is 7.91. The van der Waals surface area contributed by atoms with E-state index in [-0.39, 0.29) is 15.4 Å². The maximum Gasteiger partial charge on any atom is 0.413 e. The Bertz CT molecular complexity index is 1670. The normalized spacial score (nSPS) is 15.5. The standard InChI is InChI=1S/C27H32N8O4S2/c1-17(31-24-22-8-5-7-21(23(22)29-16-30-24)20-9-6-10-28-18(20)2)15-34-11-13-35(14-12-34)41(37,38)25-19(3)32-26(40-25)33-27(36)39-4/h5-10,16-17H,11-15H2,1-4H3,(H,29,30,31)(H,32,33,36). The van der Waals surface area contributed by atoms with Crippen LogP contribution in [0.4, 0.5) is 15.7 Å². The first kappa shape index (κ1) is 28.8. The van der Waals surface area contributed by atoms with Crippen molar-refractivity contribution in [3.8, 4) is 11.1 Å². The molecule has 1 fully saturated rings. The fourth-order valence-corrected chi connectivity index (χ4v) is 7.90. The summed E-state index contributed by atoms with van der Waals surface area (Å²) in [6.45, 7) is 8.30. The van der Waals surface area contributed by atoms with Crippen LogP contribution in [-0.2, 0) is 14.8 Å². The van der Waals surface area contributed by atoms with Crippen LogP contribution in [0.5, 0.6) is 0 Å². The topological polar surface area (TPSA) is 143 Å². The summed E-state index contributed by atoms with van der Waals surface area (Å²) in [6, 6.07) is 10.1. The average Bonchev–Trinajstić information content (AvgIpc) is 3.34. The summed E-state index contributed by atoms with van der Waals surface area (Å²) in [4.78, 5) is 31.4. The minimum atomic E-state index is -3.74. The van der Waals surface area contributed by atoms with Gasteiger partial charge in [0.25, 0.3) is 10.0 Å². The lowest BCUT2D eigenvalue weighted by Gasteiger charge is -2.35. The summed E-state index contributed by atoms with van der Waals surface area (Å²) in [7, 11) is -2.50. The second-order valence-corrected chi connectivity index (χ2v) is 13.0. The molecule has 216 valence electrons. The van der Waals surface area contributed by atoms with Gasteiger partial charge < -0.3 is 10.1 Å². The summed E-state index contributed by atoms with van der Waals surface area (Å²) < 4.78 is 32.8. The number of carbonyl (C=O) groups is 1. The van der Waals surface area contributed by atoms with Crippen LogP contribution in [0.2, 0.25) is 0 Å². The molecule has 5 rings (SSSR count). The molecule has 1 saturated heterocycles. The third-order valence-corrected chi connectivity index (χ3v) is 10.5. The van der Waals surface area contributed by atoms with Crippen molar-refractivity contribution in [3.63, 3.8) is 0 Å². The SMILES string of the molecule is COC(=O)Nc1nc(C)c(S(=O)(=O)N2CCN(CC(C)Nc3ncnc4c(-c5cccnc5C)cccc34)CC2)s1. The van der Waals surface area contributed by atoms with E-state index in [0.717, 1.165) is 44.9 Å². The zero-order valence-electron chi connectivity index (χ0n) is 23.3. The number of nitrogens with zero attached hydrogens (tertiary/aromatic N) is 6. The second-order valence-electron chi connectivity index (χ2n) is 9.82. The van der Waals surface area contributed by atoms with E-state index < -0.39 is 16.1 Å². The van der Waals surface area contributed by atoms with Crippen molar-refractivity contribution in [1.82, 2.24) is 29.1 Å². The number of sulfonamides is 1. The molecular formula is C27H32N8O4S2. The van der Waals surface area contributed by atoms with Gasteiger partial charge in [-0.15, -0.1) is 0 Å². The number of amides is 1. The number of pyridine rings is 1. The molecule has 0 aliphatic carbocycles. The van der Waals surface area contributed by atoms with Gasteiger partial charge in [0.2, 0.25) is 0 Å². The van der Waals surface area contributed by atoms with Crippen LogP contribution in [0.15, 0.2) is 47.1 Å². The molecule has 1 aliphatic rings. The second kappa shape index (κ2) is 12.0. The maximum atomic E-state index is 13.3. The molecule has 1 unspecified atom stereocenters. The third kappa shape index (κ3) is 6.15. The fraction of sp³-hybridized carbons (Fsp3) is 0.370. The van der Waals surface area contributed by atoms with Gasteiger partial charge in [-0.1, -0.05) is 29.5 Å². The van der Waals surface area contributed by atoms with Crippen LogP contribution in [0.25, 0.3) is 22.0 Å². The van der Waals surface area contributed by atoms with Crippen molar-refractivity contribution in [2.24, 2.45) is 0 Å². The largest absolute Gasteiger partial charge is 0.453 e. The molecule has 3 aromatic heterocycles. The summed E-state index contributed by atoms with van der Waals surface area (Å²) in [5.74, 6) is 0.754. The van der Waals surface area contributed by atoms with Gasteiger partial charge >= 0.3 is 6.09 Å². The first-order chi connectivity index (χ1) is 19.7. The predicted octanol–water partition coefficient (Wildman–Crippen LogP) is 3.75. The predicted molar refractivity (Wildman–Crippen MR) is 159 cm³/mol. The molecule has 14 heteroatoms. The average molecular weight is 597 g/mol. The van der Waals surface area contributed by atoms with E-state index in [4.69, 9.17) is 0 Å². The van der Waals surface area contributed by atoms with Gasteiger partial charge in [-0.2, -0.15) is 4.31 Å². The lowest BCUT2D eigenvalue weighted by molar-refractivity contribution is 0.184. The number of carbonyl (C=O) groups excluding carboxylic acids is 1. The third-order valence-electron chi connectivity index (χ3n) is 6.93. The summed E-state index contributed by atoms with van der Waals surface area (Å²) in [5.41, 5.74) is 4.18.